The molecule has 1 aliphatic heterocycles. The highest BCUT2D eigenvalue weighted by Crippen LogP contribution is 2.37. The zero-order valence-electron chi connectivity index (χ0n) is 23.2. The number of nitrogens with zero attached hydrogens (tertiary/aromatic N) is 1. The van der Waals surface area contributed by atoms with Gasteiger partial charge in [-0.25, -0.2) is 9.59 Å². The molecule has 1 aliphatic rings. The molecule has 1 aromatic carbocycles. The summed E-state index contributed by atoms with van der Waals surface area (Å²) in [6.07, 6.45) is 5.29. The minimum absolute atomic E-state index is 0. The van der Waals surface area contributed by atoms with Crippen molar-refractivity contribution in [1.82, 2.24) is 15.5 Å². The lowest BCUT2D eigenvalue weighted by atomic mass is 9.74. The fourth-order valence-corrected chi connectivity index (χ4v) is 4.77. The van der Waals surface area contributed by atoms with E-state index in [1.165, 1.54) is 18.4 Å². The quantitative estimate of drug-likeness (QED) is 0.282. The number of benzene rings is 1. The number of hydrogen-bond acceptors (Lipinski definition) is 6. The van der Waals surface area contributed by atoms with Gasteiger partial charge in [-0.05, 0) is 75.7 Å². The highest BCUT2D eigenvalue weighted by Gasteiger charge is 2.33. The first-order chi connectivity index (χ1) is 17.1. The first kappa shape index (κ1) is 36.0. The second-order valence-electron chi connectivity index (χ2n) is 10.3. The molecule has 3 atom stereocenters. The van der Waals surface area contributed by atoms with Gasteiger partial charge in [0.1, 0.15) is 11.8 Å². The molecule has 0 radical (unpaired) electrons. The van der Waals surface area contributed by atoms with E-state index in [2.05, 4.69) is 35.6 Å². The molecule has 1 saturated heterocycles. The lowest BCUT2D eigenvalue weighted by Gasteiger charge is -2.35. The molecular weight excluding hydrogens is 524 g/mol. The van der Waals surface area contributed by atoms with Crippen LogP contribution in [0.2, 0.25) is 0 Å². The maximum absolute atomic E-state index is 12.3. The molecule has 0 aromatic heterocycles. The normalized spacial score (nSPS) is 19.2. The molecule has 0 aliphatic carbocycles. The number of carboxylic acid groups (broad SMARTS) is 1. The predicted octanol–water partition coefficient (Wildman–Crippen LogP) is 3.49. The molecule has 2 amide bonds. The lowest BCUT2D eigenvalue weighted by Crippen LogP contribution is -2.50. The molecule has 1 heterocycles. The second-order valence-corrected chi connectivity index (χ2v) is 10.3. The van der Waals surface area contributed by atoms with E-state index >= 15 is 0 Å². The van der Waals surface area contributed by atoms with Gasteiger partial charge in [0.15, 0.2) is 0 Å². The van der Waals surface area contributed by atoms with E-state index < -0.39 is 30.1 Å². The lowest BCUT2D eigenvalue weighted by molar-refractivity contribution is -0.142. The molecule has 2 unspecified atom stereocenters. The Balaban J connectivity index is 0.00000684. The SMILES string of the molecule is CCC1(c2cccc(OC(=O)NCCCCC(NC(=O)[C@@H](N)C(C)C)C(=O)O)c2)CCCCN(C)C1.S.S. The van der Waals surface area contributed by atoms with Crippen molar-refractivity contribution in [2.75, 3.05) is 26.7 Å². The number of unbranched alkanes of at least 4 members (excludes halogenated alkanes) is 1. The van der Waals surface area contributed by atoms with E-state index in [9.17, 15) is 19.5 Å². The van der Waals surface area contributed by atoms with Gasteiger partial charge in [-0.1, -0.05) is 39.3 Å². The Morgan fingerprint density at radius 2 is 1.89 bits per heavy atom. The molecule has 1 aromatic rings. The van der Waals surface area contributed by atoms with Gasteiger partial charge in [-0.2, -0.15) is 27.0 Å². The standard InChI is InChI=1S/C27H44N4O5.2H2S/c1-5-27(14-7-9-16-31(4)18-27)20-11-10-12-21(17-20)36-26(35)29-15-8-6-13-22(25(33)34)30-24(32)23(28)19(2)3;;/h10-12,17,19,22-23H,5-9,13-16,18,28H2,1-4H3,(H,29,35)(H,30,32)(H,33,34);2*1H2/t22?,23-,27?;;/m0../s1. The maximum atomic E-state index is 12.3. The van der Waals surface area contributed by atoms with Gasteiger partial charge in [0, 0.05) is 18.5 Å². The zero-order chi connectivity index (χ0) is 26.7. The Morgan fingerprint density at radius 1 is 1.18 bits per heavy atom. The number of carboxylic acids is 1. The first-order valence-corrected chi connectivity index (χ1v) is 13.1. The van der Waals surface area contributed by atoms with Crippen molar-refractivity contribution in [1.29, 1.82) is 0 Å². The number of rotatable bonds is 12. The highest BCUT2D eigenvalue weighted by molar-refractivity contribution is 7.59. The molecule has 218 valence electrons. The minimum Gasteiger partial charge on any atom is -0.480 e. The summed E-state index contributed by atoms with van der Waals surface area (Å²) in [6, 6.07) is 6.06. The van der Waals surface area contributed by atoms with Crippen molar-refractivity contribution in [2.45, 2.75) is 83.2 Å². The van der Waals surface area contributed by atoms with Crippen LogP contribution in [0.25, 0.3) is 0 Å². The molecule has 9 nitrogen and oxygen atoms in total. The fourth-order valence-electron chi connectivity index (χ4n) is 4.77. The maximum Gasteiger partial charge on any atom is 0.412 e. The summed E-state index contributed by atoms with van der Waals surface area (Å²) in [7, 11) is 2.16. The van der Waals surface area contributed by atoms with Crippen molar-refractivity contribution in [3.63, 3.8) is 0 Å². The van der Waals surface area contributed by atoms with Gasteiger partial charge in [0.05, 0.1) is 6.04 Å². The van der Waals surface area contributed by atoms with Gasteiger partial charge in [0.25, 0.3) is 0 Å². The van der Waals surface area contributed by atoms with Crippen LogP contribution in [0.5, 0.6) is 5.75 Å². The number of carbonyl (C=O) groups excluding carboxylic acids is 2. The van der Waals surface area contributed by atoms with Crippen LogP contribution in [0.4, 0.5) is 4.79 Å². The molecule has 2 rings (SSSR count). The average Bonchev–Trinajstić information content (AvgIpc) is 3.04. The van der Waals surface area contributed by atoms with Crippen LogP contribution in [0.3, 0.4) is 0 Å². The Hall–Kier alpha value is -1.95. The van der Waals surface area contributed by atoms with Crippen LogP contribution >= 0.6 is 27.0 Å². The van der Waals surface area contributed by atoms with Crippen molar-refractivity contribution in [3.8, 4) is 5.75 Å². The fraction of sp³-hybridized carbons (Fsp3) is 0.667. The largest absolute Gasteiger partial charge is 0.480 e. The van der Waals surface area contributed by atoms with Gasteiger partial charge in [-0.15, -0.1) is 0 Å². The van der Waals surface area contributed by atoms with Crippen LogP contribution in [-0.4, -0.2) is 66.7 Å². The van der Waals surface area contributed by atoms with E-state index in [-0.39, 0.29) is 44.7 Å². The first-order valence-electron chi connectivity index (χ1n) is 13.1. The van der Waals surface area contributed by atoms with E-state index in [1.807, 2.05) is 12.1 Å². The van der Waals surface area contributed by atoms with E-state index in [1.54, 1.807) is 19.9 Å². The number of nitrogens with two attached hydrogens (primary N) is 1. The summed E-state index contributed by atoms with van der Waals surface area (Å²) in [6.45, 7) is 8.26. The number of aliphatic carboxylic acids is 1. The van der Waals surface area contributed by atoms with Crippen molar-refractivity contribution >= 4 is 45.0 Å². The Labute approximate surface area is 241 Å². The van der Waals surface area contributed by atoms with E-state index in [4.69, 9.17) is 10.5 Å². The third-order valence-electron chi connectivity index (χ3n) is 7.18. The third-order valence-corrected chi connectivity index (χ3v) is 7.18. The van der Waals surface area contributed by atoms with Crippen molar-refractivity contribution in [2.24, 2.45) is 11.7 Å². The van der Waals surface area contributed by atoms with Crippen molar-refractivity contribution in [3.05, 3.63) is 29.8 Å². The van der Waals surface area contributed by atoms with Crippen LogP contribution in [0.1, 0.15) is 71.3 Å². The molecule has 38 heavy (non-hydrogen) atoms. The predicted molar refractivity (Wildman–Crippen MR) is 161 cm³/mol. The van der Waals surface area contributed by atoms with Gasteiger partial charge in [-0.3, -0.25) is 4.79 Å². The summed E-state index contributed by atoms with van der Waals surface area (Å²) in [5.74, 6) is -1.14. The molecule has 1 fully saturated rings. The molecule has 0 bridgehead atoms. The molecule has 0 saturated carbocycles. The average molecular weight is 573 g/mol. The van der Waals surface area contributed by atoms with E-state index in [0.29, 0.717) is 25.1 Å². The van der Waals surface area contributed by atoms with Gasteiger partial charge < -0.3 is 31.1 Å². The number of ether oxygens (including phenoxy) is 1. The van der Waals surface area contributed by atoms with Crippen LogP contribution < -0.4 is 21.1 Å². The Bertz CT molecular complexity index is 889. The number of hydrogen-bond donors (Lipinski definition) is 4. The highest BCUT2D eigenvalue weighted by atomic mass is 32.1. The third kappa shape index (κ3) is 11.0. The summed E-state index contributed by atoms with van der Waals surface area (Å²) >= 11 is 0. The smallest absolute Gasteiger partial charge is 0.412 e. The summed E-state index contributed by atoms with van der Waals surface area (Å²) in [4.78, 5) is 38.3. The minimum atomic E-state index is -1.10. The summed E-state index contributed by atoms with van der Waals surface area (Å²) in [5.41, 5.74) is 7.04. The number of amides is 2. The monoisotopic (exact) mass is 572 g/mol. The molecule has 5 N–H and O–H groups in total. The van der Waals surface area contributed by atoms with Gasteiger partial charge >= 0.3 is 12.1 Å². The van der Waals surface area contributed by atoms with Gasteiger partial charge in [0.2, 0.25) is 5.91 Å². The number of nitrogens with one attached hydrogen (secondary N) is 2. The zero-order valence-corrected chi connectivity index (χ0v) is 25.2. The Morgan fingerprint density at radius 3 is 2.53 bits per heavy atom. The van der Waals surface area contributed by atoms with Crippen LogP contribution in [-0.2, 0) is 15.0 Å². The topological polar surface area (TPSA) is 134 Å². The summed E-state index contributed by atoms with van der Waals surface area (Å²) < 4.78 is 5.53. The van der Waals surface area contributed by atoms with Crippen LogP contribution in [0, 0.1) is 5.92 Å². The molecule has 0 spiro atoms. The van der Waals surface area contributed by atoms with E-state index in [0.717, 1.165) is 25.9 Å². The second kappa shape index (κ2) is 17.6. The molecule has 11 heteroatoms. The van der Waals surface area contributed by atoms with Crippen LogP contribution in [0.15, 0.2) is 24.3 Å². The Kier molecular flexibility index (Phi) is 16.7. The number of carbonyl (C=O) groups is 3. The number of likely N-dealkylation sites (tertiary alicyclic amines) is 1. The number of likely N-dealkylation sites (N-methyl/N-ethyl adjacent to an activating group) is 1. The summed E-state index contributed by atoms with van der Waals surface area (Å²) in [5, 5.41) is 14.6. The molecular formula is C27H48N4O5S2. The van der Waals surface area contributed by atoms with Crippen molar-refractivity contribution < 1.29 is 24.2 Å².